The first kappa shape index (κ1) is 17.0. The van der Waals surface area contributed by atoms with Gasteiger partial charge in [0, 0.05) is 24.1 Å². The van der Waals surface area contributed by atoms with E-state index >= 15 is 0 Å². The Morgan fingerprint density at radius 1 is 1.20 bits per heavy atom. The largest absolute Gasteiger partial charge is 0.497 e. The van der Waals surface area contributed by atoms with Crippen molar-refractivity contribution in [2.45, 2.75) is 26.7 Å². The van der Waals surface area contributed by atoms with Crippen LogP contribution in [0.5, 0.6) is 5.75 Å². The number of carbonyl (C=O) groups is 1. The number of amides is 1. The fourth-order valence-electron chi connectivity index (χ4n) is 3.24. The zero-order valence-corrected chi connectivity index (χ0v) is 14.8. The average Bonchev–Trinajstić information content (AvgIpc) is 2.94. The molecule has 0 atom stereocenters. The first-order chi connectivity index (χ1) is 12.1. The predicted octanol–water partition coefficient (Wildman–Crippen LogP) is 3.16. The average molecular weight is 337 g/mol. The van der Waals surface area contributed by atoms with Crippen LogP contribution in [0.1, 0.15) is 30.7 Å². The lowest BCUT2D eigenvalue weighted by Crippen LogP contribution is -2.45. The molecule has 0 fully saturated rings. The molecule has 0 aliphatic carbocycles. The summed E-state index contributed by atoms with van der Waals surface area (Å²) in [5.41, 5.74) is 4.31. The summed E-state index contributed by atoms with van der Waals surface area (Å²) in [7, 11) is 1.63. The fraction of sp³-hybridized carbons (Fsp3) is 0.250. The van der Waals surface area contributed by atoms with Crippen LogP contribution < -0.4 is 15.7 Å². The van der Waals surface area contributed by atoms with E-state index in [9.17, 15) is 4.79 Å². The number of fused-ring (bicyclic) bond motifs is 1. The number of benzene rings is 2. The van der Waals surface area contributed by atoms with Gasteiger partial charge in [-0.25, -0.2) is 10.5 Å². The summed E-state index contributed by atoms with van der Waals surface area (Å²) in [6, 6.07) is 16.2. The van der Waals surface area contributed by atoms with Crippen molar-refractivity contribution in [2.24, 2.45) is 5.84 Å². The minimum atomic E-state index is -0.222. The number of ether oxygens (including phenoxy) is 1. The van der Waals surface area contributed by atoms with Crippen molar-refractivity contribution in [3.8, 4) is 5.75 Å². The van der Waals surface area contributed by atoms with Crippen molar-refractivity contribution in [1.29, 1.82) is 0 Å². The number of methoxy groups -OCH3 is 1. The van der Waals surface area contributed by atoms with Crippen molar-refractivity contribution in [2.75, 3.05) is 12.2 Å². The van der Waals surface area contributed by atoms with Crippen molar-refractivity contribution in [3.63, 3.8) is 0 Å². The molecule has 0 saturated heterocycles. The Bertz CT molecular complexity index is 900. The third-order valence-corrected chi connectivity index (χ3v) is 4.46. The van der Waals surface area contributed by atoms with E-state index in [2.05, 4.69) is 19.1 Å². The van der Waals surface area contributed by atoms with Crippen LogP contribution in [-0.2, 0) is 17.6 Å². The number of hydrogen-bond acceptors (Lipinski definition) is 3. The Balaban J connectivity index is 2.26. The van der Waals surface area contributed by atoms with Crippen LogP contribution in [0.3, 0.4) is 0 Å². The SMILES string of the molecule is CCc1c(Cc2ccccc2)c2ccc(OC)cc2n1N(N)C(C)=O. The molecule has 0 radical (unpaired) electrons. The third-order valence-electron chi connectivity index (χ3n) is 4.46. The molecule has 130 valence electrons. The van der Waals surface area contributed by atoms with Crippen molar-refractivity contribution < 1.29 is 9.53 Å². The first-order valence-electron chi connectivity index (χ1n) is 8.36. The second-order valence-electron chi connectivity index (χ2n) is 6.00. The van der Waals surface area contributed by atoms with Gasteiger partial charge in [0.2, 0.25) is 0 Å². The van der Waals surface area contributed by atoms with E-state index in [-0.39, 0.29) is 5.91 Å². The molecule has 0 aliphatic rings. The van der Waals surface area contributed by atoms with Crippen LogP contribution in [0.2, 0.25) is 0 Å². The summed E-state index contributed by atoms with van der Waals surface area (Å²) in [4.78, 5) is 11.9. The van der Waals surface area contributed by atoms with E-state index in [1.54, 1.807) is 11.8 Å². The number of nitrogens with zero attached hydrogens (tertiary/aromatic N) is 2. The van der Waals surface area contributed by atoms with Gasteiger partial charge in [0.25, 0.3) is 5.91 Å². The van der Waals surface area contributed by atoms with Crippen LogP contribution in [0.15, 0.2) is 48.5 Å². The molecule has 0 unspecified atom stereocenters. The summed E-state index contributed by atoms with van der Waals surface area (Å²) in [5, 5.41) is 2.26. The summed E-state index contributed by atoms with van der Waals surface area (Å²) < 4.78 is 7.16. The standard InChI is InChI=1S/C20H23N3O2/c1-4-19-18(12-15-8-6-5-7-9-15)17-11-10-16(25-3)13-20(17)22(19)23(21)14(2)24/h5-11,13H,4,12,21H2,1-3H3. The number of aromatic nitrogens is 1. The fourth-order valence-corrected chi connectivity index (χ4v) is 3.24. The number of nitrogens with two attached hydrogens (primary N) is 1. The molecule has 2 aromatic carbocycles. The van der Waals surface area contributed by atoms with Crippen molar-refractivity contribution in [3.05, 3.63) is 65.4 Å². The van der Waals surface area contributed by atoms with Crippen LogP contribution in [0.25, 0.3) is 10.9 Å². The summed E-state index contributed by atoms with van der Waals surface area (Å²) in [6.45, 7) is 3.53. The maximum Gasteiger partial charge on any atom is 0.253 e. The lowest BCUT2D eigenvalue weighted by molar-refractivity contribution is -0.118. The van der Waals surface area contributed by atoms with Gasteiger partial charge in [0.1, 0.15) is 5.75 Å². The molecule has 0 aliphatic heterocycles. The first-order valence-corrected chi connectivity index (χ1v) is 8.36. The summed E-state index contributed by atoms with van der Waals surface area (Å²) in [5.74, 6) is 6.60. The molecule has 0 saturated carbocycles. The van der Waals surface area contributed by atoms with Crippen molar-refractivity contribution >= 4 is 16.8 Å². The molecular formula is C20H23N3O2. The molecule has 3 rings (SSSR count). The maximum absolute atomic E-state index is 11.9. The van der Waals surface area contributed by atoms with Gasteiger partial charge in [-0.1, -0.05) is 37.3 Å². The van der Waals surface area contributed by atoms with E-state index in [0.717, 1.165) is 35.2 Å². The van der Waals surface area contributed by atoms with Gasteiger partial charge < -0.3 is 4.74 Å². The van der Waals surface area contributed by atoms with Gasteiger partial charge in [-0.05, 0) is 36.1 Å². The second-order valence-corrected chi connectivity index (χ2v) is 6.00. The predicted molar refractivity (Wildman–Crippen MR) is 100 cm³/mol. The topological polar surface area (TPSA) is 60.5 Å². The quantitative estimate of drug-likeness (QED) is 0.442. The van der Waals surface area contributed by atoms with Gasteiger partial charge in [-0.2, -0.15) is 5.12 Å². The minimum absolute atomic E-state index is 0.222. The molecule has 2 N–H and O–H groups in total. The van der Waals surface area contributed by atoms with Gasteiger partial charge >= 0.3 is 0 Å². The minimum Gasteiger partial charge on any atom is -0.497 e. The van der Waals surface area contributed by atoms with Crippen LogP contribution in [-0.4, -0.2) is 17.7 Å². The monoisotopic (exact) mass is 337 g/mol. The lowest BCUT2D eigenvalue weighted by atomic mass is 10.0. The van der Waals surface area contributed by atoms with E-state index < -0.39 is 0 Å². The number of hydrogen-bond donors (Lipinski definition) is 1. The van der Waals surface area contributed by atoms with E-state index in [1.807, 2.05) is 36.4 Å². The van der Waals surface area contributed by atoms with Crippen LogP contribution in [0.4, 0.5) is 0 Å². The summed E-state index contributed by atoms with van der Waals surface area (Å²) >= 11 is 0. The highest BCUT2D eigenvalue weighted by atomic mass is 16.5. The van der Waals surface area contributed by atoms with Gasteiger partial charge in [0.15, 0.2) is 0 Å². The Morgan fingerprint density at radius 3 is 2.52 bits per heavy atom. The van der Waals surface area contributed by atoms with Gasteiger partial charge in [-0.15, -0.1) is 0 Å². The molecule has 3 aromatic rings. The lowest BCUT2D eigenvalue weighted by Gasteiger charge is -2.20. The molecule has 1 aromatic heterocycles. The zero-order valence-electron chi connectivity index (χ0n) is 14.8. The number of carbonyl (C=O) groups excluding carboxylic acids is 1. The highest BCUT2D eigenvalue weighted by Crippen LogP contribution is 2.31. The Morgan fingerprint density at radius 2 is 1.92 bits per heavy atom. The maximum atomic E-state index is 11.9. The van der Waals surface area contributed by atoms with E-state index in [0.29, 0.717) is 0 Å². The Labute approximate surface area is 147 Å². The molecule has 1 amide bonds. The molecule has 0 spiro atoms. The molecule has 5 heteroatoms. The molecule has 0 bridgehead atoms. The third kappa shape index (κ3) is 3.10. The number of rotatable bonds is 5. The van der Waals surface area contributed by atoms with Crippen LogP contribution in [0, 0.1) is 0 Å². The van der Waals surface area contributed by atoms with Crippen LogP contribution >= 0.6 is 0 Å². The highest BCUT2D eigenvalue weighted by Gasteiger charge is 2.21. The molecule has 5 nitrogen and oxygen atoms in total. The Hall–Kier alpha value is -2.79. The van der Waals surface area contributed by atoms with Crippen molar-refractivity contribution in [1.82, 2.24) is 4.68 Å². The summed E-state index contributed by atoms with van der Waals surface area (Å²) in [6.07, 6.45) is 1.55. The van der Waals surface area contributed by atoms with E-state index in [4.69, 9.17) is 10.6 Å². The molecule has 1 heterocycles. The zero-order chi connectivity index (χ0) is 18.0. The molecule has 25 heavy (non-hydrogen) atoms. The van der Waals surface area contributed by atoms with Gasteiger partial charge in [-0.3, -0.25) is 4.79 Å². The van der Waals surface area contributed by atoms with E-state index in [1.165, 1.54) is 23.2 Å². The molecular weight excluding hydrogens is 314 g/mol. The Kier molecular flexibility index (Phi) is 4.76. The second kappa shape index (κ2) is 6.99. The van der Waals surface area contributed by atoms with Gasteiger partial charge in [0.05, 0.1) is 12.6 Å². The smallest absolute Gasteiger partial charge is 0.253 e. The highest BCUT2D eigenvalue weighted by molar-refractivity contribution is 5.91. The number of hydrazine groups is 1. The normalized spacial score (nSPS) is 10.9.